The molecule has 0 aromatic heterocycles. The molecule has 29 heavy (non-hydrogen) atoms. The number of carbonyl (C=O) groups excluding carboxylic acids is 3. The molecule has 2 aliphatic carbocycles. The lowest BCUT2D eigenvalue weighted by molar-refractivity contribution is -0.143. The molecule has 0 bridgehead atoms. The Balaban J connectivity index is 1.45. The van der Waals surface area contributed by atoms with E-state index in [0.717, 1.165) is 51.5 Å². The molecular weight excluding hydrogens is 368 g/mol. The second kappa shape index (κ2) is 8.06. The fraction of sp³-hybridized carbons (Fsp3) is 0.818. The van der Waals surface area contributed by atoms with Crippen molar-refractivity contribution >= 4 is 17.6 Å². The predicted octanol–water partition coefficient (Wildman–Crippen LogP) is 1.62. The third-order valence-electron chi connectivity index (χ3n) is 7.60. The highest BCUT2D eigenvalue weighted by molar-refractivity contribution is 5.94. The van der Waals surface area contributed by atoms with Gasteiger partial charge in [0, 0.05) is 18.9 Å². The van der Waals surface area contributed by atoms with Crippen LogP contribution in [0.4, 0.5) is 0 Å². The molecule has 0 aromatic rings. The zero-order valence-electron chi connectivity index (χ0n) is 17.4. The van der Waals surface area contributed by atoms with Crippen LogP contribution in [0.1, 0.15) is 64.2 Å². The number of nitrogens with one attached hydrogen (secondary N) is 1. The average molecular weight is 401 g/mol. The third kappa shape index (κ3) is 3.92. The summed E-state index contributed by atoms with van der Waals surface area (Å²) in [4.78, 5) is 42.4. The van der Waals surface area contributed by atoms with Crippen molar-refractivity contribution in [3.05, 3.63) is 0 Å². The molecule has 1 N–H and O–H groups in total. The van der Waals surface area contributed by atoms with Gasteiger partial charge in [-0.15, -0.1) is 0 Å². The number of hydrogen-bond acceptors (Lipinski definition) is 5. The monoisotopic (exact) mass is 400 g/mol. The minimum Gasteiger partial charge on any atom is -0.339 e. The first-order chi connectivity index (χ1) is 13.9. The van der Waals surface area contributed by atoms with E-state index in [1.807, 2.05) is 7.05 Å². The van der Waals surface area contributed by atoms with Gasteiger partial charge in [0.2, 0.25) is 11.8 Å². The van der Waals surface area contributed by atoms with Crippen LogP contribution in [0.5, 0.6) is 0 Å². The normalized spacial score (nSPS) is 32.0. The number of nitriles is 1. The SMILES string of the molecule is CN1CCC[C@]12CCN([C@H](CC1CC1)C(=O)N[C@H](C#N)C[C@@H]1CCCC1=O)C2=O. The molecule has 4 aliphatic rings. The Bertz CT molecular complexity index is 728. The highest BCUT2D eigenvalue weighted by atomic mass is 16.2. The summed E-state index contributed by atoms with van der Waals surface area (Å²) in [6.45, 7) is 1.53. The molecular formula is C22H32N4O3. The topological polar surface area (TPSA) is 93.5 Å². The lowest BCUT2D eigenvalue weighted by Gasteiger charge is -2.33. The molecule has 4 atom stereocenters. The molecule has 2 aliphatic heterocycles. The van der Waals surface area contributed by atoms with Gasteiger partial charge in [-0.05, 0) is 64.5 Å². The van der Waals surface area contributed by atoms with E-state index in [-0.39, 0.29) is 23.5 Å². The second-order valence-electron chi connectivity index (χ2n) is 9.48. The average Bonchev–Trinajstić information content (AvgIpc) is 3.19. The molecule has 7 nitrogen and oxygen atoms in total. The molecule has 2 heterocycles. The molecule has 0 unspecified atom stereocenters. The van der Waals surface area contributed by atoms with E-state index in [2.05, 4.69) is 16.3 Å². The predicted molar refractivity (Wildman–Crippen MR) is 107 cm³/mol. The number of Topliss-reactive ketones (excluding diaryl/α,β-unsaturated/α-hetero) is 1. The van der Waals surface area contributed by atoms with E-state index in [1.54, 1.807) is 4.90 Å². The van der Waals surface area contributed by atoms with Crippen molar-refractivity contribution in [1.82, 2.24) is 15.1 Å². The molecule has 1 spiro atoms. The zero-order valence-corrected chi connectivity index (χ0v) is 17.4. The number of nitrogens with zero attached hydrogens (tertiary/aromatic N) is 3. The number of ketones is 1. The number of amides is 2. The van der Waals surface area contributed by atoms with E-state index in [0.29, 0.717) is 31.7 Å². The van der Waals surface area contributed by atoms with E-state index < -0.39 is 17.6 Å². The van der Waals surface area contributed by atoms with Gasteiger partial charge in [0.25, 0.3) is 0 Å². The van der Waals surface area contributed by atoms with Gasteiger partial charge in [-0.1, -0.05) is 12.8 Å². The van der Waals surface area contributed by atoms with Gasteiger partial charge >= 0.3 is 0 Å². The summed E-state index contributed by atoms with van der Waals surface area (Å²) < 4.78 is 0. The molecule has 0 aromatic carbocycles. The molecule has 158 valence electrons. The van der Waals surface area contributed by atoms with E-state index >= 15 is 0 Å². The Morgan fingerprint density at radius 1 is 1.21 bits per heavy atom. The lowest BCUT2D eigenvalue weighted by Crippen LogP contribution is -2.55. The van der Waals surface area contributed by atoms with Crippen molar-refractivity contribution in [2.75, 3.05) is 20.1 Å². The smallest absolute Gasteiger partial charge is 0.243 e. The van der Waals surface area contributed by atoms with Crippen LogP contribution in [0.2, 0.25) is 0 Å². The van der Waals surface area contributed by atoms with Crippen LogP contribution in [0.25, 0.3) is 0 Å². The summed E-state index contributed by atoms with van der Waals surface area (Å²) >= 11 is 0. The van der Waals surface area contributed by atoms with Gasteiger partial charge < -0.3 is 10.2 Å². The highest BCUT2D eigenvalue weighted by Gasteiger charge is 2.54. The summed E-state index contributed by atoms with van der Waals surface area (Å²) in [7, 11) is 2.01. The standard InChI is InChI=1S/C22H32N4O3/c1-25-10-3-8-22(25)9-11-26(21(22)29)18(12-15-6-7-15)20(28)24-17(14-23)13-16-4-2-5-19(16)27/h15-18H,2-13H2,1H3,(H,24,28)/t16-,17-,18+,22+/m0/s1. The van der Waals surface area contributed by atoms with E-state index in [4.69, 9.17) is 0 Å². The maximum atomic E-state index is 13.4. The Morgan fingerprint density at radius 3 is 2.59 bits per heavy atom. The Hall–Kier alpha value is -1.94. The van der Waals surface area contributed by atoms with Crippen LogP contribution in [0.15, 0.2) is 0 Å². The first-order valence-electron chi connectivity index (χ1n) is 11.2. The first kappa shape index (κ1) is 20.3. The number of carbonyl (C=O) groups is 3. The Labute approximate surface area is 172 Å². The largest absolute Gasteiger partial charge is 0.339 e. The fourth-order valence-electron chi connectivity index (χ4n) is 5.56. The first-order valence-corrected chi connectivity index (χ1v) is 11.2. The van der Waals surface area contributed by atoms with Crippen molar-refractivity contribution in [3.8, 4) is 6.07 Å². The summed E-state index contributed by atoms with van der Waals surface area (Å²) in [5.41, 5.74) is -0.438. The van der Waals surface area contributed by atoms with Crippen LogP contribution in [-0.2, 0) is 14.4 Å². The number of likely N-dealkylation sites (N-methyl/N-ethyl adjacent to an activating group) is 1. The molecule has 7 heteroatoms. The summed E-state index contributed by atoms with van der Waals surface area (Å²) in [5.74, 6) is 0.437. The minimum absolute atomic E-state index is 0.0813. The maximum absolute atomic E-state index is 13.4. The van der Waals surface area contributed by atoms with Gasteiger partial charge in [-0.25, -0.2) is 0 Å². The Morgan fingerprint density at radius 2 is 2.00 bits per heavy atom. The number of hydrogen-bond donors (Lipinski definition) is 1. The third-order valence-corrected chi connectivity index (χ3v) is 7.60. The van der Waals surface area contributed by atoms with Crippen molar-refractivity contribution < 1.29 is 14.4 Å². The fourth-order valence-corrected chi connectivity index (χ4v) is 5.56. The number of rotatable bonds is 7. The molecule has 2 saturated carbocycles. The van der Waals surface area contributed by atoms with Crippen LogP contribution >= 0.6 is 0 Å². The van der Waals surface area contributed by atoms with Crippen molar-refractivity contribution in [2.45, 2.75) is 81.8 Å². The molecule has 0 radical (unpaired) electrons. The number of likely N-dealkylation sites (tertiary alicyclic amines) is 2. The quantitative estimate of drug-likeness (QED) is 0.701. The van der Waals surface area contributed by atoms with Crippen molar-refractivity contribution in [3.63, 3.8) is 0 Å². The van der Waals surface area contributed by atoms with Crippen molar-refractivity contribution in [2.24, 2.45) is 11.8 Å². The summed E-state index contributed by atoms with van der Waals surface area (Å²) in [6, 6.07) is 0.995. The van der Waals surface area contributed by atoms with Crippen LogP contribution in [0, 0.1) is 23.2 Å². The van der Waals surface area contributed by atoms with Crippen LogP contribution < -0.4 is 5.32 Å². The van der Waals surface area contributed by atoms with Crippen LogP contribution in [-0.4, -0.2) is 65.2 Å². The molecule has 4 fully saturated rings. The van der Waals surface area contributed by atoms with Gasteiger partial charge in [-0.3, -0.25) is 19.3 Å². The van der Waals surface area contributed by atoms with Gasteiger partial charge in [0.15, 0.2) is 0 Å². The van der Waals surface area contributed by atoms with Crippen molar-refractivity contribution in [1.29, 1.82) is 5.26 Å². The molecule has 4 rings (SSSR count). The van der Waals surface area contributed by atoms with E-state index in [9.17, 15) is 19.6 Å². The lowest BCUT2D eigenvalue weighted by atomic mass is 9.94. The zero-order chi connectivity index (χ0) is 20.6. The molecule has 2 amide bonds. The van der Waals surface area contributed by atoms with Gasteiger partial charge in [-0.2, -0.15) is 5.26 Å². The minimum atomic E-state index is -0.669. The van der Waals surface area contributed by atoms with E-state index in [1.165, 1.54) is 0 Å². The van der Waals surface area contributed by atoms with Gasteiger partial charge in [0.05, 0.1) is 6.07 Å². The maximum Gasteiger partial charge on any atom is 0.243 e. The molecule has 2 saturated heterocycles. The second-order valence-corrected chi connectivity index (χ2v) is 9.48. The highest BCUT2D eigenvalue weighted by Crippen LogP contribution is 2.41. The Kier molecular flexibility index (Phi) is 5.65. The summed E-state index contributed by atoms with van der Waals surface area (Å²) in [6.07, 6.45) is 8.19. The van der Waals surface area contributed by atoms with Gasteiger partial charge in [0.1, 0.15) is 23.4 Å². The van der Waals surface area contributed by atoms with Crippen LogP contribution in [0.3, 0.4) is 0 Å². The summed E-state index contributed by atoms with van der Waals surface area (Å²) in [5, 5.41) is 12.4.